The lowest BCUT2D eigenvalue weighted by atomic mass is 9.95. The molecule has 1 N–H and O–H groups in total. The maximum Gasteiger partial charge on any atom is 0.295 e. The summed E-state index contributed by atoms with van der Waals surface area (Å²) in [4.78, 5) is 27.4. The van der Waals surface area contributed by atoms with Crippen LogP contribution in [0.5, 0.6) is 17.2 Å². The quantitative estimate of drug-likeness (QED) is 0.276. The van der Waals surface area contributed by atoms with E-state index in [1.807, 2.05) is 0 Å². The number of carbonyl (C=O) groups excluding carboxylic acids is 2. The minimum atomic E-state index is -0.794. The van der Waals surface area contributed by atoms with Crippen molar-refractivity contribution in [3.8, 4) is 17.2 Å². The molecular weight excluding hydrogens is 414 g/mol. The highest BCUT2D eigenvalue weighted by molar-refractivity contribution is 6.46. The third-order valence-corrected chi connectivity index (χ3v) is 5.35. The van der Waals surface area contributed by atoms with Gasteiger partial charge < -0.3 is 29.0 Å². The van der Waals surface area contributed by atoms with Crippen LogP contribution in [0.15, 0.2) is 48.0 Å². The molecule has 0 radical (unpaired) electrons. The number of nitrogens with zero attached hydrogens (tertiary/aromatic N) is 1. The van der Waals surface area contributed by atoms with Crippen molar-refractivity contribution >= 4 is 17.4 Å². The number of hydrogen-bond donors (Lipinski definition) is 1. The van der Waals surface area contributed by atoms with E-state index in [-0.39, 0.29) is 17.9 Å². The summed E-state index contributed by atoms with van der Waals surface area (Å²) in [6.45, 7) is 0.712. The molecule has 2 aromatic rings. The number of aliphatic hydroxyl groups is 1. The lowest BCUT2D eigenvalue weighted by Gasteiger charge is -2.26. The Morgan fingerprint density at radius 2 is 1.72 bits per heavy atom. The molecule has 0 aliphatic carbocycles. The van der Waals surface area contributed by atoms with Crippen molar-refractivity contribution in [3.63, 3.8) is 0 Å². The van der Waals surface area contributed by atoms with E-state index in [0.29, 0.717) is 41.4 Å². The number of methoxy groups -OCH3 is 4. The Balaban J connectivity index is 2.17. The fourth-order valence-corrected chi connectivity index (χ4v) is 3.79. The van der Waals surface area contributed by atoms with Crippen molar-refractivity contribution in [1.82, 2.24) is 4.90 Å². The van der Waals surface area contributed by atoms with Gasteiger partial charge in [0.25, 0.3) is 11.7 Å². The van der Waals surface area contributed by atoms with Gasteiger partial charge in [0.2, 0.25) is 0 Å². The molecule has 0 bridgehead atoms. The molecule has 2 aromatic carbocycles. The Hall–Kier alpha value is -3.52. The number of ketones is 1. The first-order valence-corrected chi connectivity index (χ1v) is 10.1. The molecule has 1 aliphatic rings. The maximum absolute atomic E-state index is 13.1. The normalized spacial score (nSPS) is 17.5. The number of ether oxygens (including phenoxy) is 4. The van der Waals surface area contributed by atoms with Crippen LogP contribution in [0.2, 0.25) is 0 Å². The zero-order chi connectivity index (χ0) is 23.3. The van der Waals surface area contributed by atoms with E-state index >= 15 is 0 Å². The van der Waals surface area contributed by atoms with Gasteiger partial charge in [0, 0.05) is 25.8 Å². The molecule has 8 heteroatoms. The van der Waals surface area contributed by atoms with Crippen molar-refractivity contribution in [2.45, 2.75) is 12.5 Å². The number of benzene rings is 2. The van der Waals surface area contributed by atoms with Gasteiger partial charge in [0.1, 0.15) is 11.5 Å². The van der Waals surface area contributed by atoms with Crippen LogP contribution < -0.4 is 14.2 Å². The van der Waals surface area contributed by atoms with Gasteiger partial charge in [-0.15, -0.1) is 0 Å². The molecule has 1 aliphatic heterocycles. The molecule has 1 fully saturated rings. The topological polar surface area (TPSA) is 94.5 Å². The standard InChI is InChI=1S/C24H27NO7/c1-29-12-6-11-25-21(15-9-10-18(31-3)19(14-15)32-4)20(23(27)24(25)28)22(26)16-7-5-8-17(13-16)30-2/h5,7-10,13-14,21,26H,6,11-12H2,1-4H3. The minimum absolute atomic E-state index is 0.00731. The van der Waals surface area contributed by atoms with E-state index in [4.69, 9.17) is 18.9 Å². The Kier molecular flexibility index (Phi) is 7.37. The summed E-state index contributed by atoms with van der Waals surface area (Å²) in [6, 6.07) is 11.1. The van der Waals surface area contributed by atoms with Crippen molar-refractivity contribution < 1.29 is 33.6 Å². The molecule has 8 nitrogen and oxygen atoms in total. The first-order valence-electron chi connectivity index (χ1n) is 10.1. The molecule has 1 saturated heterocycles. The molecule has 170 valence electrons. The van der Waals surface area contributed by atoms with Gasteiger partial charge in [-0.25, -0.2) is 0 Å². The van der Waals surface area contributed by atoms with Gasteiger partial charge in [0.05, 0.1) is 32.9 Å². The van der Waals surface area contributed by atoms with Gasteiger partial charge in [-0.3, -0.25) is 9.59 Å². The van der Waals surface area contributed by atoms with Gasteiger partial charge in [-0.1, -0.05) is 18.2 Å². The highest BCUT2D eigenvalue weighted by atomic mass is 16.5. The van der Waals surface area contributed by atoms with Gasteiger partial charge in [-0.2, -0.15) is 0 Å². The second kappa shape index (κ2) is 10.2. The largest absolute Gasteiger partial charge is 0.507 e. The smallest absolute Gasteiger partial charge is 0.295 e. The number of likely N-dealkylation sites (tertiary alicyclic amines) is 1. The lowest BCUT2D eigenvalue weighted by Crippen LogP contribution is -2.31. The molecule has 1 unspecified atom stereocenters. The van der Waals surface area contributed by atoms with Crippen LogP contribution in [0.3, 0.4) is 0 Å². The predicted octanol–water partition coefficient (Wildman–Crippen LogP) is 3.17. The van der Waals surface area contributed by atoms with E-state index in [1.165, 1.54) is 26.2 Å². The number of carbonyl (C=O) groups is 2. The highest BCUT2D eigenvalue weighted by Gasteiger charge is 2.46. The molecule has 1 heterocycles. The number of amides is 1. The minimum Gasteiger partial charge on any atom is -0.507 e. The molecular formula is C24H27NO7. The Morgan fingerprint density at radius 3 is 2.38 bits per heavy atom. The number of aliphatic hydroxyl groups excluding tert-OH is 1. The molecule has 0 saturated carbocycles. The van der Waals surface area contributed by atoms with Gasteiger partial charge >= 0.3 is 0 Å². The SMILES string of the molecule is COCCCN1C(=O)C(=O)C(=C(O)c2cccc(OC)c2)C1c1ccc(OC)c(OC)c1. The number of hydrogen-bond acceptors (Lipinski definition) is 7. The molecule has 1 atom stereocenters. The zero-order valence-electron chi connectivity index (χ0n) is 18.6. The average Bonchev–Trinajstić information content (AvgIpc) is 3.08. The van der Waals surface area contributed by atoms with Crippen LogP contribution in [0.1, 0.15) is 23.6 Å². The van der Waals surface area contributed by atoms with Crippen LogP contribution in [-0.2, 0) is 14.3 Å². The van der Waals surface area contributed by atoms with E-state index < -0.39 is 17.7 Å². The summed E-state index contributed by atoms with van der Waals surface area (Å²) in [5.41, 5.74) is 1.00. The summed E-state index contributed by atoms with van der Waals surface area (Å²) < 4.78 is 21.0. The highest BCUT2D eigenvalue weighted by Crippen LogP contribution is 2.42. The Labute approximate surface area is 187 Å². The van der Waals surface area contributed by atoms with E-state index in [9.17, 15) is 14.7 Å². The van der Waals surface area contributed by atoms with Crippen LogP contribution in [0, 0.1) is 0 Å². The Bertz CT molecular complexity index is 1030. The summed E-state index contributed by atoms with van der Waals surface area (Å²) in [7, 11) is 6.12. The molecule has 3 rings (SSSR count). The number of rotatable bonds is 9. The molecule has 1 amide bonds. The van der Waals surface area contributed by atoms with Crippen LogP contribution >= 0.6 is 0 Å². The third-order valence-electron chi connectivity index (χ3n) is 5.35. The summed E-state index contributed by atoms with van der Waals surface area (Å²) >= 11 is 0. The maximum atomic E-state index is 13.1. The summed E-state index contributed by atoms with van der Waals surface area (Å²) in [6.07, 6.45) is 0.534. The molecule has 0 aromatic heterocycles. The van der Waals surface area contributed by atoms with Crippen molar-refractivity contribution in [3.05, 3.63) is 59.2 Å². The van der Waals surface area contributed by atoms with E-state index in [0.717, 1.165) is 0 Å². The average molecular weight is 441 g/mol. The van der Waals surface area contributed by atoms with Crippen LogP contribution in [0.4, 0.5) is 0 Å². The Morgan fingerprint density at radius 1 is 0.969 bits per heavy atom. The zero-order valence-corrected chi connectivity index (χ0v) is 18.6. The first-order chi connectivity index (χ1) is 15.5. The first kappa shape index (κ1) is 23.1. The third kappa shape index (κ3) is 4.40. The monoisotopic (exact) mass is 441 g/mol. The number of Topliss-reactive ketones (excluding diaryl/α,β-unsaturated/α-hetero) is 1. The van der Waals surface area contributed by atoms with Crippen LogP contribution in [0.25, 0.3) is 5.76 Å². The fraction of sp³-hybridized carbons (Fsp3) is 0.333. The predicted molar refractivity (Wildman–Crippen MR) is 118 cm³/mol. The summed E-state index contributed by atoms with van der Waals surface area (Å²) in [5, 5.41) is 11.1. The molecule has 0 spiro atoms. The second-order valence-corrected chi connectivity index (χ2v) is 7.19. The molecule has 32 heavy (non-hydrogen) atoms. The van der Waals surface area contributed by atoms with Crippen LogP contribution in [-0.4, -0.2) is 63.3 Å². The van der Waals surface area contributed by atoms with Crippen molar-refractivity contribution in [2.75, 3.05) is 41.6 Å². The van der Waals surface area contributed by atoms with Crippen molar-refractivity contribution in [2.24, 2.45) is 0 Å². The van der Waals surface area contributed by atoms with E-state index in [1.54, 1.807) is 49.6 Å². The van der Waals surface area contributed by atoms with Gasteiger partial charge in [-0.05, 0) is 36.2 Å². The van der Waals surface area contributed by atoms with E-state index in [2.05, 4.69) is 0 Å². The van der Waals surface area contributed by atoms with Crippen molar-refractivity contribution in [1.29, 1.82) is 0 Å². The lowest BCUT2D eigenvalue weighted by molar-refractivity contribution is -0.140. The fourth-order valence-electron chi connectivity index (χ4n) is 3.79. The summed E-state index contributed by atoms with van der Waals surface area (Å²) in [5.74, 6) is -0.204. The second-order valence-electron chi connectivity index (χ2n) is 7.19. The van der Waals surface area contributed by atoms with Gasteiger partial charge in [0.15, 0.2) is 11.5 Å².